The largest absolute Gasteiger partial charge is 0.494 e. The molecule has 1 heterocycles. The number of aromatic hydroxyl groups is 2. The van der Waals surface area contributed by atoms with Crippen LogP contribution in [0.25, 0.3) is 0 Å². The summed E-state index contributed by atoms with van der Waals surface area (Å²) < 4.78 is 1.40. The number of ketones is 1. The van der Waals surface area contributed by atoms with Crippen LogP contribution < -0.4 is 0 Å². The van der Waals surface area contributed by atoms with Crippen molar-refractivity contribution in [2.45, 2.75) is 33.2 Å². The predicted octanol–water partition coefficient (Wildman–Crippen LogP) is 1.58. The van der Waals surface area contributed by atoms with Crippen LogP contribution in [-0.2, 0) is 11.3 Å². The van der Waals surface area contributed by atoms with Gasteiger partial charge in [-0.15, -0.1) is 0 Å². The summed E-state index contributed by atoms with van der Waals surface area (Å²) in [5.74, 6) is 0.238. The normalized spacial score (nSPS) is 10.4. The number of aromatic nitrogens is 1. The van der Waals surface area contributed by atoms with Gasteiger partial charge in [-0.1, -0.05) is 0 Å². The highest BCUT2D eigenvalue weighted by atomic mass is 16.3. The van der Waals surface area contributed by atoms with Crippen molar-refractivity contribution in [2.75, 3.05) is 0 Å². The van der Waals surface area contributed by atoms with Gasteiger partial charge in [-0.2, -0.15) is 0 Å². The van der Waals surface area contributed by atoms with Gasteiger partial charge >= 0.3 is 0 Å². The van der Waals surface area contributed by atoms with E-state index < -0.39 is 0 Å². The molecule has 78 valence electrons. The van der Waals surface area contributed by atoms with Gasteiger partial charge in [-0.25, -0.2) is 0 Å². The molecular formula is C10H15NO3. The Labute approximate surface area is 82.8 Å². The lowest BCUT2D eigenvalue weighted by atomic mass is 10.2. The fourth-order valence-corrected chi connectivity index (χ4v) is 1.36. The van der Waals surface area contributed by atoms with E-state index in [1.165, 1.54) is 17.6 Å². The third-order valence-electron chi connectivity index (χ3n) is 2.14. The van der Waals surface area contributed by atoms with Crippen molar-refractivity contribution in [3.63, 3.8) is 0 Å². The van der Waals surface area contributed by atoms with Crippen molar-refractivity contribution in [1.82, 2.24) is 4.57 Å². The minimum atomic E-state index is 0.0450. The molecule has 0 amide bonds. The molecule has 1 rings (SSSR count). The van der Waals surface area contributed by atoms with Crippen LogP contribution in [-0.4, -0.2) is 20.6 Å². The van der Waals surface area contributed by atoms with Crippen LogP contribution in [0.15, 0.2) is 6.07 Å². The summed E-state index contributed by atoms with van der Waals surface area (Å²) in [5, 5.41) is 18.9. The van der Waals surface area contributed by atoms with Crippen LogP contribution in [0.1, 0.15) is 25.3 Å². The molecule has 1 aromatic rings. The lowest BCUT2D eigenvalue weighted by Gasteiger charge is -2.05. The molecule has 0 spiro atoms. The van der Waals surface area contributed by atoms with Gasteiger partial charge in [-0.05, 0) is 20.3 Å². The van der Waals surface area contributed by atoms with Crippen molar-refractivity contribution in [3.8, 4) is 11.8 Å². The Balaban J connectivity index is 2.62. The first kappa shape index (κ1) is 10.6. The zero-order valence-electron chi connectivity index (χ0n) is 8.45. The average molecular weight is 197 g/mol. The van der Waals surface area contributed by atoms with Crippen molar-refractivity contribution in [3.05, 3.63) is 11.6 Å². The zero-order valence-corrected chi connectivity index (χ0v) is 8.45. The highest BCUT2D eigenvalue weighted by molar-refractivity contribution is 5.75. The molecule has 2 N–H and O–H groups in total. The van der Waals surface area contributed by atoms with Crippen LogP contribution in [0, 0.1) is 6.92 Å². The zero-order chi connectivity index (χ0) is 10.7. The Bertz CT molecular complexity index is 341. The fourth-order valence-electron chi connectivity index (χ4n) is 1.36. The van der Waals surface area contributed by atoms with Gasteiger partial charge in [0.1, 0.15) is 5.78 Å². The molecule has 0 radical (unpaired) electrons. The molecule has 0 atom stereocenters. The number of hydrogen-bond donors (Lipinski definition) is 2. The van der Waals surface area contributed by atoms with Gasteiger partial charge in [0, 0.05) is 24.6 Å². The maximum atomic E-state index is 10.7. The summed E-state index contributed by atoms with van der Waals surface area (Å²) in [6.45, 7) is 3.71. The van der Waals surface area contributed by atoms with Gasteiger partial charge in [-0.3, -0.25) is 4.57 Å². The van der Waals surface area contributed by atoms with Crippen molar-refractivity contribution in [1.29, 1.82) is 0 Å². The Hall–Kier alpha value is -1.45. The Kier molecular flexibility index (Phi) is 3.17. The number of hydrogen-bond acceptors (Lipinski definition) is 3. The molecule has 14 heavy (non-hydrogen) atoms. The van der Waals surface area contributed by atoms with Crippen LogP contribution in [0.2, 0.25) is 0 Å². The lowest BCUT2D eigenvalue weighted by Crippen LogP contribution is -1.99. The molecule has 0 saturated carbocycles. The molecule has 0 aliphatic carbocycles. The molecule has 0 aromatic carbocycles. The Morgan fingerprint density at radius 3 is 2.57 bits per heavy atom. The second-order valence-corrected chi connectivity index (χ2v) is 3.47. The third-order valence-corrected chi connectivity index (χ3v) is 2.14. The third kappa shape index (κ3) is 2.28. The van der Waals surface area contributed by atoms with E-state index in [1.807, 2.05) is 0 Å². The number of rotatable bonds is 4. The first-order valence-electron chi connectivity index (χ1n) is 4.60. The Morgan fingerprint density at radius 2 is 2.14 bits per heavy atom. The molecule has 0 aliphatic heterocycles. The van der Waals surface area contributed by atoms with E-state index in [-0.39, 0.29) is 17.5 Å². The maximum absolute atomic E-state index is 10.7. The van der Waals surface area contributed by atoms with Crippen molar-refractivity contribution < 1.29 is 15.0 Å². The van der Waals surface area contributed by atoms with E-state index in [1.54, 1.807) is 6.92 Å². The summed E-state index contributed by atoms with van der Waals surface area (Å²) in [4.78, 5) is 10.7. The summed E-state index contributed by atoms with van der Waals surface area (Å²) in [7, 11) is 0. The summed E-state index contributed by atoms with van der Waals surface area (Å²) in [5.41, 5.74) is 0.644. The first-order chi connectivity index (χ1) is 6.52. The molecule has 0 bridgehead atoms. The van der Waals surface area contributed by atoms with Crippen LogP contribution in [0.5, 0.6) is 11.8 Å². The number of Topliss-reactive ketones (excluding diaryl/α,β-unsaturated/α-hetero) is 1. The van der Waals surface area contributed by atoms with E-state index in [2.05, 4.69) is 0 Å². The number of nitrogens with zero attached hydrogens (tertiary/aromatic N) is 1. The number of aryl methyl sites for hydroxylation is 1. The average Bonchev–Trinajstić information content (AvgIpc) is 2.31. The standard InChI is InChI=1S/C10H15NO3/c1-7-6-9(13)11(10(7)14)5-3-4-8(2)12/h6,13-14H,3-5H2,1-2H3. The fraction of sp³-hybridized carbons (Fsp3) is 0.500. The van der Waals surface area contributed by atoms with Gasteiger partial charge in [0.2, 0.25) is 0 Å². The molecule has 0 aliphatic rings. The number of carbonyl (C=O) groups is 1. The Morgan fingerprint density at radius 1 is 1.50 bits per heavy atom. The van der Waals surface area contributed by atoms with Crippen LogP contribution in [0.4, 0.5) is 0 Å². The summed E-state index contributed by atoms with van der Waals surface area (Å²) in [6.07, 6.45) is 1.10. The quantitative estimate of drug-likeness (QED) is 0.770. The highest BCUT2D eigenvalue weighted by Gasteiger charge is 2.09. The van der Waals surface area contributed by atoms with E-state index >= 15 is 0 Å². The highest BCUT2D eigenvalue weighted by Crippen LogP contribution is 2.26. The SMILES string of the molecule is CC(=O)CCCn1c(O)cc(C)c1O. The van der Waals surface area contributed by atoms with Crippen molar-refractivity contribution >= 4 is 5.78 Å². The molecule has 4 heteroatoms. The molecular weight excluding hydrogens is 182 g/mol. The van der Waals surface area contributed by atoms with Crippen LogP contribution >= 0.6 is 0 Å². The second-order valence-electron chi connectivity index (χ2n) is 3.47. The predicted molar refractivity (Wildman–Crippen MR) is 52.4 cm³/mol. The lowest BCUT2D eigenvalue weighted by molar-refractivity contribution is -0.117. The van der Waals surface area contributed by atoms with E-state index in [0.29, 0.717) is 24.9 Å². The van der Waals surface area contributed by atoms with Gasteiger partial charge in [0.25, 0.3) is 0 Å². The van der Waals surface area contributed by atoms with E-state index in [9.17, 15) is 15.0 Å². The monoisotopic (exact) mass is 197 g/mol. The number of carbonyl (C=O) groups excluding carboxylic acids is 1. The second kappa shape index (κ2) is 4.17. The molecule has 0 saturated heterocycles. The van der Waals surface area contributed by atoms with E-state index in [4.69, 9.17) is 0 Å². The molecule has 1 aromatic heterocycles. The molecule has 0 unspecified atom stereocenters. The minimum absolute atomic E-state index is 0.0450. The summed E-state index contributed by atoms with van der Waals surface area (Å²) >= 11 is 0. The summed E-state index contributed by atoms with van der Waals surface area (Å²) in [6, 6.07) is 1.50. The van der Waals surface area contributed by atoms with Gasteiger partial charge in [0.05, 0.1) is 0 Å². The van der Waals surface area contributed by atoms with Crippen LogP contribution in [0.3, 0.4) is 0 Å². The first-order valence-corrected chi connectivity index (χ1v) is 4.60. The van der Waals surface area contributed by atoms with Gasteiger partial charge < -0.3 is 15.0 Å². The maximum Gasteiger partial charge on any atom is 0.196 e. The van der Waals surface area contributed by atoms with Crippen molar-refractivity contribution in [2.24, 2.45) is 0 Å². The molecule has 0 fully saturated rings. The van der Waals surface area contributed by atoms with E-state index in [0.717, 1.165) is 0 Å². The minimum Gasteiger partial charge on any atom is -0.494 e. The van der Waals surface area contributed by atoms with Gasteiger partial charge in [0.15, 0.2) is 11.8 Å². The molecule has 4 nitrogen and oxygen atoms in total. The topological polar surface area (TPSA) is 62.5 Å². The smallest absolute Gasteiger partial charge is 0.196 e.